The van der Waals surface area contributed by atoms with Crippen molar-refractivity contribution in [2.75, 3.05) is 6.61 Å². The lowest BCUT2D eigenvalue weighted by atomic mass is 10.1. The molecule has 26 heavy (non-hydrogen) atoms. The number of benzene rings is 2. The van der Waals surface area contributed by atoms with Gasteiger partial charge in [-0.3, -0.25) is 4.55 Å². The molecule has 1 aliphatic carbocycles. The van der Waals surface area contributed by atoms with Gasteiger partial charge in [0.25, 0.3) is 10.1 Å². The quantitative estimate of drug-likeness (QED) is 0.642. The van der Waals surface area contributed by atoms with Crippen LogP contribution in [-0.2, 0) is 32.8 Å². The number of ether oxygens (including phenoxy) is 2. The molecule has 0 bridgehead atoms. The normalized spacial score (nSPS) is 17.0. The van der Waals surface area contributed by atoms with Crippen LogP contribution in [0.15, 0.2) is 60.7 Å². The summed E-state index contributed by atoms with van der Waals surface area (Å²) in [5.41, 5.74) is 2.06. The van der Waals surface area contributed by atoms with Crippen LogP contribution in [-0.4, -0.2) is 30.4 Å². The zero-order chi connectivity index (χ0) is 18.5. The van der Waals surface area contributed by atoms with E-state index >= 15 is 0 Å². The van der Waals surface area contributed by atoms with Crippen molar-refractivity contribution in [2.24, 2.45) is 0 Å². The molecule has 2 aromatic carbocycles. The second-order valence-electron chi connectivity index (χ2n) is 6.78. The maximum Gasteiger partial charge on any atom is 0.270 e. The van der Waals surface area contributed by atoms with Crippen molar-refractivity contribution in [1.82, 2.24) is 0 Å². The fourth-order valence-corrected chi connectivity index (χ4v) is 3.97. The van der Waals surface area contributed by atoms with Crippen molar-refractivity contribution in [3.63, 3.8) is 0 Å². The lowest BCUT2D eigenvalue weighted by Crippen LogP contribution is -2.32. The molecule has 2 aromatic rings. The molecule has 1 fully saturated rings. The first-order valence-electron chi connectivity index (χ1n) is 8.73. The van der Waals surface area contributed by atoms with Crippen LogP contribution in [0.3, 0.4) is 0 Å². The van der Waals surface area contributed by atoms with Crippen LogP contribution >= 0.6 is 0 Å². The molecule has 0 amide bonds. The third-order valence-electron chi connectivity index (χ3n) is 4.70. The lowest BCUT2D eigenvalue weighted by molar-refractivity contribution is -0.0347. The molecular formula is C20H24O5S. The monoisotopic (exact) mass is 376 g/mol. The van der Waals surface area contributed by atoms with E-state index in [1.807, 2.05) is 60.7 Å². The molecule has 140 valence electrons. The highest BCUT2D eigenvalue weighted by Crippen LogP contribution is 2.47. The molecule has 3 rings (SSSR count). The summed E-state index contributed by atoms with van der Waals surface area (Å²) < 4.78 is 43.5. The SMILES string of the molecule is O=S(=O)(O)C1(CC(COCc2ccccc2)OCc2ccccc2)CC1. The smallest absolute Gasteiger partial charge is 0.270 e. The highest BCUT2D eigenvalue weighted by atomic mass is 32.2. The first-order chi connectivity index (χ1) is 12.5. The van der Waals surface area contributed by atoms with Crippen LogP contribution in [0, 0.1) is 0 Å². The van der Waals surface area contributed by atoms with Gasteiger partial charge < -0.3 is 9.47 Å². The predicted molar refractivity (Wildman–Crippen MR) is 99.2 cm³/mol. The van der Waals surface area contributed by atoms with E-state index in [1.165, 1.54) is 0 Å². The van der Waals surface area contributed by atoms with Crippen molar-refractivity contribution in [3.05, 3.63) is 71.8 Å². The van der Waals surface area contributed by atoms with Crippen LogP contribution < -0.4 is 0 Å². The Bertz CT molecular complexity index is 785. The molecule has 0 spiro atoms. The Morgan fingerprint density at radius 2 is 1.46 bits per heavy atom. The first kappa shape index (κ1) is 19.0. The van der Waals surface area contributed by atoms with Crippen LogP contribution in [0.2, 0.25) is 0 Å². The third kappa shape index (κ3) is 5.14. The van der Waals surface area contributed by atoms with Gasteiger partial charge in [0.1, 0.15) is 4.75 Å². The third-order valence-corrected chi connectivity index (χ3v) is 6.37. The Balaban J connectivity index is 1.59. The summed E-state index contributed by atoms with van der Waals surface area (Å²) in [4.78, 5) is 0. The number of hydrogen-bond acceptors (Lipinski definition) is 4. The molecule has 5 nitrogen and oxygen atoms in total. The van der Waals surface area contributed by atoms with E-state index in [1.54, 1.807) is 0 Å². The van der Waals surface area contributed by atoms with Crippen molar-refractivity contribution >= 4 is 10.1 Å². The van der Waals surface area contributed by atoms with Gasteiger partial charge in [-0.25, -0.2) is 0 Å². The molecular weight excluding hydrogens is 352 g/mol. The molecule has 0 aromatic heterocycles. The van der Waals surface area contributed by atoms with Gasteiger partial charge >= 0.3 is 0 Å². The summed E-state index contributed by atoms with van der Waals surface area (Å²) in [6.45, 7) is 1.09. The molecule has 1 unspecified atom stereocenters. The summed E-state index contributed by atoms with van der Waals surface area (Å²) >= 11 is 0. The van der Waals surface area contributed by atoms with E-state index < -0.39 is 21.0 Å². The van der Waals surface area contributed by atoms with Gasteiger partial charge in [0, 0.05) is 0 Å². The predicted octanol–water partition coefficient (Wildman–Crippen LogP) is 3.60. The first-order valence-corrected chi connectivity index (χ1v) is 10.2. The van der Waals surface area contributed by atoms with Gasteiger partial charge in [-0.15, -0.1) is 0 Å². The summed E-state index contributed by atoms with van der Waals surface area (Å²) in [6, 6.07) is 19.5. The highest BCUT2D eigenvalue weighted by molar-refractivity contribution is 7.87. The minimum atomic E-state index is -4.08. The maximum absolute atomic E-state index is 11.7. The van der Waals surface area contributed by atoms with Crippen molar-refractivity contribution in [2.45, 2.75) is 43.3 Å². The van der Waals surface area contributed by atoms with Gasteiger partial charge in [-0.2, -0.15) is 8.42 Å². The minimum absolute atomic E-state index is 0.244. The van der Waals surface area contributed by atoms with E-state index in [-0.39, 0.29) is 13.0 Å². The lowest BCUT2D eigenvalue weighted by Gasteiger charge is -2.22. The van der Waals surface area contributed by atoms with E-state index in [9.17, 15) is 13.0 Å². The maximum atomic E-state index is 11.7. The number of rotatable bonds is 10. The molecule has 0 aliphatic heterocycles. The van der Waals surface area contributed by atoms with Crippen molar-refractivity contribution < 1.29 is 22.4 Å². The zero-order valence-electron chi connectivity index (χ0n) is 14.6. The Morgan fingerprint density at radius 1 is 0.923 bits per heavy atom. The zero-order valence-corrected chi connectivity index (χ0v) is 15.4. The summed E-state index contributed by atoms with van der Waals surface area (Å²) in [5.74, 6) is 0. The van der Waals surface area contributed by atoms with E-state index in [0.29, 0.717) is 26.1 Å². The van der Waals surface area contributed by atoms with Crippen LogP contribution in [0.4, 0.5) is 0 Å². The molecule has 1 saturated carbocycles. The standard InChI is InChI=1S/C20H24O5S/c21-26(22,23)20(11-12-20)13-19(25-15-18-9-5-2-6-10-18)16-24-14-17-7-3-1-4-8-17/h1-10,19H,11-16H2,(H,21,22,23). The summed E-state index contributed by atoms with van der Waals surface area (Å²) in [5, 5.41) is 0. The van der Waals surface area contributed by atoms with Crippen molar-refractivity contribution in [3.8, 4) is 0 Å². The highest BCUT2D eigenvalue weighted by Gasteiger charge is 2.55. The average Bonchev–Trinajstić information content (AvgIpc) is 3.42. The van der Waals surface area contributed by atoms with E-state index in [2.05, 4.69) is 0 Å². The molecule has 1 aliphatic rings. The Hall–Kier alpha value is -1.73. The van der Waals surface area contributed by atoms with Gasteiger partial charge in [-0.05, 0) is 30.4 Å². The Labute approximate surface area is 154 Å². The molecule has 0 radical (unpaired) electrons. The van der Waals surface area contributed by atoms with Gasteiger partial charge in [0.15, 0.2) is 0 Å². The Morgan fingerprint density at radius 3 is 1.96 bits per heavy atom. The summed E-state index contributed by atoms with van der Waals surface area (Å²) in [7, 11) is -4.08. The van der Waals surface area contributed by atoms with Crippen LogP contribution in [0.5, 0.6) is 0 Å². The second kappa shape index (κ2) is 8.31. The molecule has 1 atom stereocenters. The van der Waals surface area contributed by atoms with Gasteiger partial charge in [0.05, 0.1) is 25.9 Å². The average molecular weight is 376 g/mol. The Kier molecular flexibility index (Phi) is 6.09. The van der Waals surface area contributed by atoms with E-state index in [4.69, 9.17) is 9.47 Å². The van der Waals surface area contributed by atoms with E-state index in [0.717, 1.165) is 11.1 Å². The van der Waals surface area contributed by atoms with Crippen molar-refractivity contribution in [1.29, 1.82) is 0 Å². The summed E-state index contributed by atoms with van der Waals surface area (Å²) in [6.07, 6.45) is 0.780. The van der Waals surface area contributed by atoms with Gasteiger partial charge in [0.2, 0.25) is 0 Å². The molecule has 6 heteroatoms. The molecule has 1 N–H and O–H groups in total. The fraction of sp³-hybridized carbons (Fsp3) is 0.400. The second-order valence-corrected chi connectivity index (χ2v) is 8.60. The molecule has 0 saturated heterocycles. The number of hydrogen-bond donors (Lipinski definition) is 1. The molecule has 0 heterocycles. The van der Waals surface area contributed by atoms with Crippen LogP contribution in [0.25, 0.3) is 0 Å². The van der Waals surface area contributed by atoms with Gasteiger partial charge in [-0.1, -0.05) is 60.7 Å². The van der Waals surface area contributed by atoms with Crippen LogP contribution in [0.1, 0.15) is 30.4 Å². The largest absolute Gasteiger partial charge is 0.374 e. The minimum Gasteiger partial charge on any atom is -0.374 e. The topological polar surface area (TPSA) is 72.8 Å². The fourth-order valence-electron chi connectivity index (χ4n) is 2.96.